The first kappa shape index (κ1) is 21.5. The second kappa shape index (κ2) is 9.27. The monoisotopic (exact) mass is 447 g/mol. The number of aromatic nitrogens is 2. The van der Waals surface area contributed by atoms with Crippen LogP contribution in [0.3, 0.4) is 0 Å². The Kier molecular flexibility index (Phi) is 6.05. The van der Waals surface area contributed by atoms with Crippen LogP contribution in [0, 0.1) is 0 Å². The minimum Gasteiger partial charge on any atom is -0.493 e. The molecule has 33 heavy (non-hydrogen) atoms. The van der Waals surface area contributed by atoms with E-state index in [-0.39, 0.29) is 18.1 Å². The molecule has 1 fully saturated rings. The van der Waals surface area contributed by atoms with Crippen molar-refractivity contribution in [3.05, 3.63) is 65.4 Å². The fraction of sp³-hybridized carbons (Fsp3) is 0.385. The summed E-state index contributed by atoms with van der Waals surface area (Å²) in [6, 6.07) is 15.6. The van der Waals surface area contributed by atoms with Gasteiger partial charge in [-0.15, -0.1) is 0 Å². The van der Waals surface area contributed by atoms with E-state index in [1.54, 1.807) is 7.11 Å². The molecule has 1 aromatic heterocycles. The van der Waals surface area contributed by atoms with Crippen LogP contribution in [0.1, 0.15) is 53.8 Å². The molecule has 0 bridgehead atoms. The zero-order valence-corrected chi connectivity index (χ0v) is 19.0. The molecule has 172 valence electrons. The number of methoxy groups -OCH3 is 1. The van der Waals surface area contributed by atoms with Gasteiger partial charge < -0.3 is 19.1 Å². The molecular weight excluding hydrogens is 418 g/mol. The van der Waals surface area contributed by atoms with Gasteiger partial charge in [-0.05, 0) is 37.0 Å². The Morgan fingerprint density at radius 2 is 2.03 bits per heavy atom. The van der Waals surface area contributed by atoms with Crippen molar-refractivity contribution in [1.82, 2.24) is 15.1 Å². The predicted molar refractivity (Wildman–Crippen MR) is 125 cm³/mol. The van der Waals surface area contributed by atoms with Crippen molar-refractivity contribution in [1.29, 1.82) is 0 Å². The van der Waals surface area contributed by atoms with E-state index >= 15 is 0 Å². The Morgan fingerprint density at radius 1 is 1.18 bits per heavy atom. The summed E-state index contributed by atoms with van der Waals surface area (Å²) in [6.45, 7) is 3.97. The summed E-state index contributed by atoms with van der Waals surface area (Å²) in [5, 5.41) is 7.56. The molecule has 7 heteroatoms. The first-order valence-corrected chi connectivity index (χ1v) is 11.6. The zero-order valence-electron chi connectivity index (χ0n) is 19.0. The van der Waals surface area contributed by atoms with Crippen LogP contribution < -0.4 is 9.47 Å². The van der Waals surface area contributed by atoms with Crippen LogP contribution in [-0.4, -0.2) is 54.0 Å². The molecule has 3 heterocycles. The van der Waals surface area contributed by atoms with E-state index in [9.17, 15) is 4.79 Å². The lowest BCUT2D eigenvalue weighted by Crippen LogP contribution is -2.36. The number of benzene rings is 2. The van der Waals surface area contributed by atoms with Crippen molar-refractivity contribution in [2.75, 3.05) is 26.9 Å². The molecular formula is C26H29N3O4. The van der Waals surface area contributed by atoms with E-state index < -0.39 is 0 Å². The molecule has 2 atom stereocenters. The van der Waals surface area contributed by atoms with E-state index in [4.69, 9.17) is 14.2 Å². The second-order valence-corrected chi connectivity index (χ2v) is 8.48. The summed E-state index contributed by atoms with van der Waals surface area (Å²) in [5.74, 6) is 1.31. The summed E-state index contributed by atoms with van der Waals surface area (Å²) >= 11 is 0. The maximum Gasteiger partial charge on any atom is 0.273 e. The average Bonchev–Trinajstić information content (AvgIpc) is 3.58. The second-order valence-electron chi connectivity index (χ2n) is 8.48. The SMILES string of the molecule is CCCOc1ccc(C2c3c(-c4ccccc4)n[nH]c3C(=O)N2CC2CCCO2)cc1OC. The molecule has 3 aromatic rings. The Balaban J connectivity index is 1.59. The molecule has 2 aromatic carbocycles. The molecule has 0 saturated carbocycles. The number of hydrogen-bond donors (Lipinski definition) is 1. The van der Waals surface area contributed by atoms with E-state index in [1.165, 1.54) is 0 Å². The summed E-state index contributed by atoms with van der Waals surface area (Å²) < 4.78 is 17.4. The van der Waals surface area contributed by atoms with E-state index in [2.05, 4.69) is 17.1 Å². The lowest BCUT2D eigenvalue weighted by molar-refractivity contribution is 0.0495. The van der Waals surface area contributed by atoms with Gasteiger partial charge >= 0.3 is 0 Å². The van der Waals surface area contributed by atoms with Gasteiger partial charge in [-0.1, -0.05) is 43.3 Å². The van der Waals surface area contributed by atoms with Gasteiger partial charge in [0.25, 0.3) is 5.91 Å². The molecule has 1 N–H and O–H groups in total. The van der Waals surface area contributed by atoms with Gasteiger partial charge in [-0.3, -0.25) is 9.89 Å². The van der Waals surface area contributed by atoms with Crippen LogP contribution in [0.25, 0.3) is 11.3 Å². The number of hydrogen-bond acceptors (Lipinski definition) is 5. The summed E-state index contributed by atoms with van der Waals surface area (Å²) in [5.41, 5.74) is 4.17. The first-order valence-electron chi connectivity index (χ1n) is 11.6. The van der Waals surface area contributed by atoms with Crippen LogP contribution in [0.4, 0.5) is 0 Å². The summed E-state index contributed by atoms with van der Waals surface area (Å²) in [4.78, 5) is 15.4. The lowest BCUT2D eigenvalue weighted by Gasteiger charge is -2.29. The molecule has 0 spiro atoms. The van der Waals surface area contributed by atoms with Gasteiger partial charge in [0, 0.05) is 24.3 Å². The van der Waals surface area contributed by atoms with Crippen molar-refractivity contribution in [2.24, 2.45) is 0 Å². The number of carbonyl (C=O) groups excluding carboxylic acids is 1. The van der Waals surface area contributed by atoms with Gasteiger partial charge in [-0.2, -0.15) is 5.10 Å². The topological polar surface area (TPSA) is 76.7 Å². The fourth-order valence-corrected chi connectivity index (χ4v) is 4.74. The van der Waals surface area contributed by atoms with E-state index in [0.717, 1.165) is 48.3 Å². The normalized spacial score (nSPS) is 19.7. The fourth-order valence-electron chi connectivity index (χ4n) is 4.74. The number of H-pyrrole nitrogens is 1. The third-order valence-corrected chi connectivity index (χ3v) is 6.30. The maximum atomic E-state index is 13.5. The van der Waals surface area contributed by atoms with Crippen LogP contribution in [0.15, 0.2) is 48.5 Å². The predicted octanol–water partition coefficient (Wildman–Crippen LogP) is 4.60. The van der Waals surface area contributed by atoms with Gasteiger partial charge in [0.1, 0.15) is 5.69 Å². The summed E-state index contributed by atoms with van der Waals surface area (Å²) in [7, 11) is 1.64. The quantitative estimate of drug-likeness (QED) is 0.546. The smallest absolute Gasteiger partial charge is 0.273 e. The highest BCUT2D eigenvalue weighted by atomic mass is 16.5. The average molecular weight is 448 g/mol. The van der Waals surface area contributed by atoms with Crippen LogP contribution in [-0.2, 0) is 4.74 Å². The van der Waals surface area contributed by atoms with Crippen LogP contribution in [0.2, 0.25) is 0 Å². The molecule has 0 aliphatic carbocycles. The number of rotatable bonds is 8. The summed E-state index contributed by atoms with van der Waals surface area (Å²) in [6.07, 6.45) is 2.94. The van der Waals surface area contributed by atoms with Gasteiger partial charge in [0.15, 0.2) is 11.5 Å². The standard InChI is InChI=1S/C26H29N3O4/c1-3-13-33-20-12-11-18(15-21(20)31-2)25-22-23(17-8-5-4-6-9-17)27-28-24(22)26(30)29(25)16-19-10-7-14-32-19/h4-6,8-9,11-12,15,19,25H,3,7,10,13-14,16H2,1-2H3,(H,27,28). The van der Waals surface area contributed by atoms with E-state index in [1.807, 2.05) is 53.4 Å². The van der Waals surface area contributed by atoms with Gasteiger partial charge in [0.2, 0.25) is 0 Å². The Morgan fingerprint density at radius 3 is 2.76 bits per heavy atom. The molecule has 2 unspecified atom stereocenters. The minimum absolute atomic E-state index is 0.0441. The van der Waals surface area contributed by atoms with Crippen molar-refractivity contribution in [3.63, 3.8) is 0 Å². The van der Waals surface area contributed by atoms with E-state index in [0.29, 0.717) is 30.3 Å². The van der Waals surface area contributed by atoms with Crippen LogP contribution >= 0.6 is 0 Å². The van der Waals surface area contributed by atoms with Crippen molar-refractivity contribution < 1.29 is 19.0 Å². The molecule has 2 aliphatic heterocycles. The molecule has 1 amide bonds. The highest BCUT2D eigenvalue weighted by Gasteiger charge is 2.43. The number of carbonyl (C=O) groups is 1. The maximum absolute atomic E-state index is 13.5. The molecule has 0 radical (unpaired) electrons. The van der Waals surface area contributed by atoms with Gasteiger partial charge in [-0.25, -0.2) is 0 Å². The van der Waals surface area contributed by atoms with Crippen LogP contribution in [0.5, 0.6) is 11.5 Å². The Labute approximate surface area is 193 Å². The number of aromatic amines is 1. The third kappa shape index (κ3) is 3.97. The molecule has 2 aliphatic rings. The molecule has 1 saturated heterocycles. The Bertz CT molecular complexity index is 1120. The van der Waals surface area contributed by atoms with Crippen molar-refractivity contribution in [2.45, 2.75) is 38.3 Å². The van der Waals surface area contributed by atoms with Crippen molar-refractivity contribution in [3.8, 4) is 22.8 Å². The number of ether oxygens (including phenoxy) is 3. The highest BCUT2D eigenvalue weighted by Crippen LogP contribution is 2.45. The molecule has 7 nitrogen and oxygen atoms in total. The third-order valence-electron chi connectivity index (χ3n) is 6.30. The van der Waals surface area contributed by atoms with Gasteiger partial charge in [0.05, 0.1) is 31.6 Å². The minimum atomic E-state index is -0.292. The number of fused-ring (bicyclic) bond motifs is 1. The lowest BCUT2D eigenvalue weighted by atomic mass is 9.95. The number of nitrogens with zero attached hydrogens (tertiary/aromatic N) is 2. The largest absolute Gasteiger partial charge is 0.493 e. The number of nitrogens with one attached hydrogen (secondary N) is 1. The first-order chi connectivity index (χ1) is 16.2. The zero-order chi connectivity index (χ0) is 22.8. The molecule has 5 rings (SSSR count). The van der Waals surface area contributed by atoms with Crippen molar-refractivity contribution >= 4 is 5.91 Å². The Hall–Kier alpha value is -3.32. The highest BCUT2D eigenvalue weighted by molar-refractivity contribution is 6.00. The number of amides is 1.